The molecule has 2 aliphatic carbocycles. The highest BCUT2D eigenvalue weighted by Gasteiger charge is 2.44. The minimum Gasteiger partial charge on any atom is -0.511 e. The molecule has 0 fully saturated rings. The third-order valence-electron chi connectivity index (χ3n) is 9.40. The SMILES string of the molecule is C=C1C=CC(c2ccc(C(OC(=O)C(CN=C(CC(C)C)C3=C(O)CC(C)(C)CC3=O)NI)(c3ccccc3)c3ccccc3Cl)cc2)CC1. The summed E-state index contributed by atoms with van der Waals surface area (Å²) in [5.74, 6) is -0.162. The van der Waals surface area contributed by atoms with Gasteiger partial charge in [0, 0.05) is 69.0 Å². The number of ether oxygens (including phenoxy) is 1. The first-order chi connectivity index (χ1) is 23.8. The molecule has 0 aliphatic heterocycles. The van der Waals surface area contributed by atoms with Gasteiger partial charge in [-0.1, -0.05) is 136 Å². The molecule has 6 nitrogen and oxygen atoms in total. The number of carbonyl (C=O) groups excluding carboxylic acids is 2. The van der Waals surface area contributed by atoms with Crippen molar-refractivity contribution in [3.63, 3.8) is 0 Å². The number of halogens is 2. The summed E-state index contributed by atoms with van der Waals surface area (Å²) in [5.41, 5.74) is 3.49. The molecule has 0 aromatic heterocycles. The highest BCUT2D eigenvalue weighted by atomic mass is 127. The summed E-state index contributed by atoms with van der Waals surface area (Å²) < 4.78 is 9.82. The fourth-order valence-corrected chi connectivity index (χ4v) is 7.63. The number of carbonyl (C=O) groups is 2. The Morgan fingerprint density at radius 3 is 2.32 bits per heavy atom. The summed E-state index contributed by atoms with van der Waals surface area (Å²) in [4.78, 5) is 32.6. The van der Waals surface area contributed by atoms with Gasteiger partial charge in [-0.05, 0) is 42.2 Å². The molecule has 3 unspecified atom stereocenters. The topological polar surface area (TPSA) is 88.0 Å². The molecular weight excluding hydrogens is 759 g/mol. The number of aliphatic imine (C=N–C) groups is 1. The molecule has 0 heterocycles. The first-order valence-electron chi connectivity index (χ1n) is 17.2. The summed E-state index contributed by atoms with van der Waals surface area (Å²) in [7, 11) is 0. The van der Waals surface area contributed by atoms with Gasteiger partial charge >= 0.3 is 5.97 Å². The minimum absolute atomic E-state index is 0.00289. The summed E-state index contributed by atoms with van der Waals surface area (Å²) >= 11 is 8.90. The first kappa shape index (κ1) is 37.7. The van der Waals surface area contributed by atoms with Crippen molar-refractivity contribution < 1.29 is 19.4 Å². The van der Waals surface area contributed by atoms with Crippen molar-refractivity contribution in [2.75, 3.05) is 6.54 Å². The fraction of sp³-hybridized carbons (Fsp3) is 0.357. The maximum absolute atomic E-state index is 14.4. The van der Waals surface area contributed by atoms with Crippen molar-refractivity contribution in [1.29, 1.82) is 0 Å². The summed E-state index contributed by atoms with van der Waals surface area (Å²) in [6, 6.07) is 24.4. The van der Waals surface area contributed by atoms with E-state index in [1.165, 1.54) is 5.56 Å². The average molecular weight is 805 g/mol. The number of hydrogen-bond acceptors (Lipinski definition) is 6. The predicted molar refractivity (Wildman–Crippen MR) is 211 cm³/mol. The third-order valence-corrected chi connectivity index (χ3v) is 10.5. The Hall–Kier alpha value is -3.53. The number of ketones is 1. The number of nitrogens with one attached hydrogen (secondary N) is 1. The Kier molecular flexibility index (Phi) is 12.2. The van der Waals surface area contributed by atoms with E-state index in [0.717, 1.165) is 29.5 Å². The Balaban J connectivity index is 1.57. The Morgan fingerprint density at radius 2 is 1.72 bits per heavy atom. The standard InChI is InChI=1S/C42H46ClIN2O4/c1-27(2)23-35(39-37(47)24-41(4,5)25-38(39)48)45-26-36(46-44)40(49)50-42(31-11-7-6-8-12-31,33-13-9-10-14-34(33)43)32-21-19-30(20-22-32)29-17-15-28(3)16-18-29/h6-15,17,19-22,27,29,36,46-47H,3,16,18,23-26H2,1-2,4-5H3. The highest BCUT2D eigenvalue weighted by molar-refractivity contribution is 14.1. The lowest BCUT2D eigenvalue weighted by molar-refractivity contribution is -0.155. The highest BCUT2D eigenvalue weighted by Crippen LogP contribution is 2.44. The summed E-state index contributed by atoms with van der Waals surface area (Å²) in [6.45, 7) is 12.1. The normalized spacial score (nSPS) is 19.7. The van der Waals surface area contributed by atoms with E-state index < -0.39 is 17.6 Å². The van der Waals surface area contributed by atoms with Crippen LogP contribution in [0.4, 0.5) is 0 Å². The predicted octanol–water partition coefficient (Wildman–Crippen LogP) is 10.2. The molecule has 3 aromatic carbocycles. The van der Waals surface area contributed by atoms with Crippen LogP contribution >= 0.6 is 34.5 Å². The van der Waals surface area contributed by atoms with Crippen LogP contribution in [0.2, 0.25) is 5.02 Å². The molecule has 0 radical (unpaired) electrons. The molecule has 2 N–H and O–H groups in total. The van der Waals surface area contributed by atoms with Crippen molar-refractivity contribution in [3.8, 4) is 0 Å². The number of hydrogen-bond donors (Lipinski definition) is 2. The summed E-state index contributed by atoms with van der Waals surface area (Å²) in [6.07, 6.45) is 7.42. The average Bonchev–Trinajstić information content (AvgIpc) is 3.07. The molecule has 0 saturated carbocycles. The molecule has 0 saturated heterocycles. The molecule has 2 aliphatic rings. The number of allylic oxidation sites excluding steroid dienone is 5. The number of esters is 1. The number of aliphatic hydroxyl groups is 1. The largest absolute Gasteiger partial charge is 0.511 e. The number of benzene rings is 3. The Labute approximate surface area is 315 Å². The van der Waals surface area contributed by atoms with E-state index in [9.17, 15) is 14.7 Å². The van der Waals surface area contributed by atoms with E-state index in [1.807, 2.05) is 111 Å². The molecule has 0 spiro atoms. The zero-order valence-corrected chi connectivity index (χ0v) is 32.1. The number of aliphatic hydroxyl groups excluding tert-OH is 1. The number of nitrogens with zero attached hydrogens (tertiary/aromatic N) is 1. The van der Waals surface area contributed by atoms with Gasteiger partial charge in [-0.15, -0.1) is 0 Å². The van der Waals surface area contributed by atoms with Crippen molar-refractivity contribution in [1.82, 2.24) is 3.53 Å². The summed E-state index contributed by atoms with van der Waals surface area (Å²) in [5, 5.41) is 11.5. The maximum atomic E-state index is 14.4. The zero-order chi connectivity index (χ0) is 36.1. The molecule has 0 amide bonds. The van der Waals surface area contributed by atoms with Crippen molar-refractivity contribution in [2.24, 2.45) is 16.3 Å². The van der Waals surface area contributed by atoms with Crippen LogP contribution < -0.4 is 3.53 Å². The van der Waals surface area contributed by atoms with E-state index in [1.54, 1.807) is 6.07 Å². The molecule has 0 bridgehead atoms. The lowest BCUT2D eigenvalue weighted by atomic mass is 9.75. The monoisotopic (exact) mass is 804 g/mol. The van der Waals surface area contributed by atoms with Crippen LogP contribution in [0.3, 0.4) is 0 Å². The number of rotatable bonds is 12. The van der Waals surface area contributed by atoms with Crippen LogP contribution in [0, 0.1) is 11.3 Å². The van der Waals surface area contributed by atoms with Crippen molar-refractivity contribution in [3.05, 3.63) is 142 Å². The fourth-order valence-electron chi connectivity index (χ4n) is 6.91. The lowest BCUT2D eigenvalue weighted by Crippen LogP contribution is -2.43. The molecule has 8 heteroatoms. The number of Topliss-reactive ketones (excluding diaryl/α,β-unsaturated/α-hetero) is 1. The van der Waals surface area contributed by atoms with Crippen LogP contribution in [0.5, 0.6) is 0 Å². The van der Waals surface area contributed by atoms with Crippen LogP contribution in [0.1, 0.15) is 88.0 Å². The van der Waals surface area contributed by atoms with E-state index >= 15 is 0 Å². The van der Waals surface area contributed by atoms with Gasteiger partial charge < -0.3 is 9.84 Å². The molecule has 262 valence electrons. The van der Waals surface area contributed by atoms with Crippen molar-refractivity contribution in [2.45, 2.75) is 77.4 Å². The van der Waals surface area contributed by atoms with Gasteiger partial charge in [-0.3, -0.25) is 14.6 Å². The lowest BCUT2D eigenvalue weighted by Gasteiger charge is -2.37. The van der Waals surface area contributed by atoms with Gasteiger partial charge in [-0.2, -0.15) is 0 Å². The molecule has 3 aromatic rings. The van der Waals surface area contributed by atoms with E-state index in [2.05, 4.69) is 34.4 Å². The van der Waals surface area contributed by atoms with Gasteiger partial charge in [-0.25, -0.2) is 3.53 Å². The van der Waals surface area contributed by atoms with Crippen LogP contribution in [-0.2, 0) is 19.9 Å². The van der Waals surface area contributed by atoms with Gasteiger partial charge in [0.1, 0.15) is 11.8 Å². The van der Waals surface area contributed by atoms with Gasteiger partial charge in [0.05, 0.1) is 12.1 Å². The zero-order valence-electron chi connectivity index (χ0n) is 29.2. The second kappa shape index (κ2) is 16.2. The van der Waals surface area contributed by atoms with Crippen molar-refractivity contribution >= 4 is 51.9 Å². The molecule has 50 heavy (non-hydrogen) atoms. The van der Waals surface area contributed by atoms with Gasteiger partial charge in [0.2, 0.25) is 0 Å². The van der Waals surface area contributed by atoms with E-state index in [-0.39, 0.29) is 40.9 Å². The van der Waals surface area contributed by atoms with Crippen LogP contribution in [0.25, 0.3) is 0 Å². The molecular formula is C42H46ClIN2O4. The third kappa shape index (κ3) is 8.49. The van der Waals surface area contributed by atoms with E-state index in [0.29, 0.717) is 35.6 Å². The second-order valence-corrected chi connectivity index (χ2v) is 15.6. The van der Waals surface area contributed by atoms with Crippen LogP contribution in [0.15, 0.2) is 119 Å². The Bertz CT molecular complexity index is 1810. The van der Waals surface area contributed by atoms with E-state index in [4.69, 9.17) is 21.3 Å². The maximum Gasteiger partial charge on any atom is 0.327 e. The smallest absolute Gasteiger partial charge is 0.327 e. The molecule has 5 rings (SSSR count). The molecule has 3 atom stereocenters. The van der Waals surface area contributed by atoms with Gasteiger partial charge in [0.15, 0.2) is 11.4 Å². The first-order valence-corrected chi connectivity index (χ1v) is 18.6. The minimum atomic E-state index is -1.40. The quantitative estimate of drug-likeness (QED) is 0.0626. The van der Waals surface area contributed by atoms with Gasteiger partial charge in [0.25, 0.3) is 0 Å². The second-order valence-electron chi connectivity index (χ2n) is 14.5. The van der Waals surface area contributed by atoms with Crippen LogP contribution in [-0.4, -0.2) is 35.2 Å². The Morgan fingerprint density at radius 1 is 1.06 bits per heavy atom.